The second-order valence-electron chi connectivity index (χ2n) is 9.55. The monoisotopic (exact) mass is 523 g/mol. The highest BCUT2D eigenvalue weighted by molar-refractivity contribution is 5.94. The Bertz CT molecular complexity index is 1900. The maximum absolute atomic E-state index is 4.98. The van der Waals surface area contributed by atoms with Crippen LogP contribution in [0.4, 0.5) is 0 Å². The van der Waals surface area contributed by atoms with Crippen LogP contribution in [0, 0.1) is 0 Å². The number of para-hydroxylation sites is 1. The molecule has 6 rings (SSSR count). The molecule has 0 saturated heterocycles. The number of fused-ring (bicyclic) bond motifs is 1. The van der Waals surface area contributed by atoms with Crippen molar-refractivity contribution in [1.29, 1.82) is 0 Å². The molecule has 6 aromatic rings. The number of aromatic nitrogens is 6. The first kappa shape index (κ1) is 25.2. The second kappa shape index (κ2) is 11.3. The molecule has 0 fully saturated rings. The lowest BCUT2D eigenvalue weighted by molar-refractivity contribution is 0.691. The number of pyridine rings is 2. The molecule has 7 nitrogen and oxygen atoms in total. The number of nitrogens with zero attached hydrogens (tertiary/aromatic N) is 4. The lowest BCUT2D eigenvalue weighted by atomic mass is 10.1. The van der Waals surface area contributed by atoms with Crippen molar-refractivity contribution >= 4 is 28.8 Å². The molecular weight excluding hydrogens is 494 g/mol. The third kappa shape index (κ3) is 5.23. The summed E-state index contributed by atoms with van der Waals surface area (Å²) in [7, 11) is 0. The minimum atomic E-state index is 0.692. The SMILES string of the molecule is C=C(/C=c1/c(-c2nc3c(-c4ccncc4)cccc3[nH]2)n[nH]/c1=C/C)c1cncc(CNCc2ccccc2)c1. The molecule has 0 aliphatic carbocycles. The topological polar surface area (TPSA) is 95.2 Å². The fraction of sp³-hybridized carbons (Fsp3) is 0.0909. The van der Waals surface area contributed by atoms with Gasteiger partial charge in [-0.1, -0.05) is 55.1 Å². The fourth-order valence-electron chi connectivity index (χ4n) is 4.78. The molecule has 0 radical (unpaired) electrons. The van der Waals surface area contributed by atoms with Crippen molar-refractivity contribution in [2.75, 3.05) is 0 Å². The van der Waals surface area contributed by atoms with Crippen LogP contribution >= 0.6 is 0 Å². The van der Waals surface area contributed by atoms with E-state index in [1.165, 1.54) is 5.56 Å². The van der Waals surface area contributed by atoms with E-state index < -0.39 is 0 Å². The first-order valence-corrected chi connectivity index (χ1v) is 13.2. The Morgan fingerprint density at radius 3 is 2.58 bits per heavy atom. The van der Waals surface area contributed by atoms with E-state index >= 15 is 0 Å². The van der Waals surface area contributed by atoms with Gasteiger partial charge >= 0.3 is 0 Å². The molecule has 0 aliphatic heterocycles. The first-order chi connectivity index (χ1) is 19.7. The van der Waals surface area contributed by atoms with Crippen molar-refractivity contribution in [2.24, 2.45) is 0 Å². The van der Waals surface area contributed by atoms with E-state index in [0.717, 1.165) is 61.7 Å². The second-order valence-corrected chi connectivity index (χ2v) is 9.55. The van der Waals surface area contributed by atoms with Gasteiger partial charge in [0.2, 0.25) is 0 Å². The number of hydrogen-bond acceptors (Lipinski definition) is 5. The Morgan fingerprint density at radius 2 is 1.75 bits per heavy atom. The van der Waals surface area contributed by atoms with Crippen LogP contribution in [0.3, 0.4) is 0 Å². The molecule has 0 aliphatic rings. The van der Waals surface area contributed by atoms with Crippen molar-refractivity contribution in [3.05, 3.63) is 125 Å². The molecule has 0 bridgehead atoms. The number of aromatic amines is 2. The molecule has 2 aromatic carbocycles. The van der Waals surface area contributed by atoms with Crippen LogP contribution in [-0.4, -0.2) is 30.1 Å². The maximum atomic E-state index is 4.98. The molecular formula is C33H29N7. The van der Waals surface area contributed by atoms with E-state index in [9.17, 15) is 0 Å². The molecule has 0 unspecified atom stereocenters. The summed E-state index contributed by atoms with van der Waals surface area (Å²) in [6, 6.07) is 22.6. The van der Waals surface area contributed by atoms with Gasteiger partial charge in [0.1, 0.15) is 5.69 Å². The van der Waals surface area contributed by atoms with Gasteiger partial charge in [-0.15, -0.1) is 0 Å². The number of benzene rings is 2. The summed E-state index contributed by atoms with van der Waals surface area (Å²) < 4.78 is 0. The zero-order valence-electron chi connectivity index (χ0n) is 22.2. The number of nitrogens with one attached hydrogen (secondary N) is 3. The number of imidazole rings is 1. The van der Waals surface area contributed by atoms with E-state index in [2.05, 4.69) is 73.4 Å². The average Bonchev–Trinajstić information content (AvgIpc) is 3.62. The summed E-state index contributed by atoms with van der Waals surface area (Å²) in [5.74, 6) is 0.692. The predicted octanol–water partition coefficient (Wildman–Crippen LogP) is 4.99. The van der Waals surface area contributed by atoms with Gasteiger partial charge in [-0.05, 0) is 65.1 Å². The minimum absolute atomic E-state index is 0.692. The number of rotatable bonds is 8. The van der Waals surface area contributed by atoms with Crippen molar-refractivity contribution in [2.45, 2.75) is 20.0 Å². The van der Waals surface area contributed by atoms with E-state index in [1.807, 2.05) is 61.8 Å². The van der Waals surface area contributed by atoms with E-state index in [1.54, 1.807) is 12.4 Å². The van der Waals surface area contributed by atoms with Gasteiger partial charge in [-0.2, -0.15) is 5.10 Å². The van der Waals surface area contributed by atoms with Crippen molar-refractivity contribution in [3.63, 3.8) is 0 Å². The molecule has 40 heavy (non-hydrogen) atoms. The minimum Gasteiger partial charge on any atom is -0.337 e. The smallest absolute Gasteiger partial charge is 0.159 e. The summed E-state index contributed by atoms with van der Waals surface area (Å²) >= 11 is 0. The average molecular weight is 524 g/mol. The van der Waals surface area contributed by atoms with Gasteiger partial charge in [-0.25, -0.2) is 4.98 Å². The number of hydrogen-bond donors (Lipinski definition) is 3. The Hall–Kier alpha value is -5.14. The number of H-pyrrole nitrogens is 2. The highest BCUT2D eigenvalue weighted by atomic mass is 15.1. The standard InChI is InChI=1S/C33H29N7/c1-3-29-28(16-22(2)26-17-24(20-36-21-26)19-35-18-23-8-5-4-6-9-23)32(40-39-29)33-37-30-11-7-10-27(31(30)38-33)25-12-14-34-15-13-25/h3-17,20-21,35,39H,2,18-19H2,1H3,(H,37,38)/b28-16+,29-3+. The Labute approximate surface area is 232 Å². The van der Waals surface area contributed by atoms with Crippen molar-refractivity contribution in [3.8, 4) is 22.6 Å². The van der Waals surface area contributed by atoms with Crippen LogP contribution in [-0.2, 0) is 13.1 Å². The molecule has 196 valence electrons. The van der Waals surface area contributed by atoms with E-state index in [4.69, 9.17) is 4.98 Å². The van der Waals surface area contributed by atoms with E-state index in [0.29, 0.717) is 12.4 Å². The first-order valence-electron chi connectivity index (χ1n) is 13.2. The van der Waals surface area contributed by atoms with Crippen molar-refractivity contribution < 1.29 is 0 Å². The summed E-state index contributed by atoms with van der Waals surface area (Å²) in [6.07, 6.45) is 11.4. The van der Waals surface area contributed by atoms with Gasteiger partial charge < -0.3 is 10.3 Å². The fourth-order valence-corrected chi connectivity index (χ4v) is 4.78. The van der Waals surface area contributed by atoms with Gasteiger partial charge in [0.05, 0.1) is 16.4 Å². The van der Waals surface area contributed by atoms with Crippen LogP contribution in [0.25, 0.3) is 51.4 Å². The maximum Gasteiger partial charge on any atom is 0.159 e. The van der Waals surface area contributed by atoms with Crippen LogP contribution < -0.4 is 15.9 Å². The molecule has 0 saturated carbocycles. The third-order valence-corrected chi connectivity index (χ3v) is 6.84. The zero-order chi connectivity index (χ0) is 27.3. The molecule has 4 heterocycles. The predicted molar refractivity (Wildman–Crippen MR) is 161 cm³/mol. The largest absolute Gasteiger partial charge is 0.337 e. The summed E-state index contributed by atoms with van der Waals surface area (Å²) in [5.41, 5.74) is 8.82. The number of allylic oxidation sites excluding steroid dienone is 1. The quantitative estimate of drug-likeness (QED) is 0.261. The van der Waals surface area contributed by atoms with Gasteiger partial charge in [-0.3, -0.25) is 15.1 Å². The van der Waals surface area contributed by atoms with Crippen LogP contribution in [0.2, 0.25) is 0 Å². The highest BCUT2D eigenvalue weighted by Gasteiger charge is 2.14. The van der Waals surface area contributed by atoms with Gasteiger partial charge in [0.15, 0.2) is 5.82 Å². The Kier molecular flexibility index (Phi) is 7.11. The third-order valence-electron chi connectivity index (χ3n) is 6.84. The molecule has 3 N–H and O–H groups in total. The van der Waals surface area contributed by atoms with Crippen LogP contribution in [0.5, 0.6) is 0 Å². The van der Waals surface area contributed by atoms with Crippen LogP contribution in [0.1, 0.15) is 23.6 Å². The van der Waals surface area contributed by atoms with Gasteiger partial charge in [0.25, 0.3) is 0 Å². The summed E-state index contributed by atoms with van der Waals surface area (Å²) in [6.45, 7) is 7.87. The van der Waals surface area contributed by atoms with Gasteiger partial charge in [0, 0.05) is 48.7 Å². The lowest BCUT2D eigenvalue weighted by Crippen LogP contribution is -2.23. The zero-order valence-corrected chi connectivity index (χ0v) is 22.2. The molecule has 0 atom stereocenters. The normalized spacial score (nSPS) is 12.3. The van der Waals surface area contributed by atoms with Crippen LogP contribution in [0.15, 0.2) is 98.1 Å². The van der Waals surface area contributed by atoms with Crippen molar-refractivity contribution in [1.82, 2.24) is 35.5 Å². The summed E-state index contributed by atoms with van der Waals surface area (Å²) in [5, 5.41) is 13.1. The molecule has 0 amide bonds. The Morgan fingerprint density at radius 1 is 0.925 bits per heavy atom. The highest BCUT2D eigenvalue weighted by Crippen LogP contribution is 2.28. The molecule has 4 aromatic heterocycles. The lowest BCUT2D eigenvalue weighted by Gasteiger charge is -2.07. The summed E-state index contributed by atoms with van der Waals surface area (Å²) in [4.78, 5) is 17.1. The van der Waals surface area contributed by atoms with E-state index in [-0.39, 0.29) is 0 Å². The Balaban J connectivity index is 1.31. The molecule has 0 spiro atoms. The molecule has 7 heteroatoms.